The first kappa shape index (κ1) is 17.8. The lowest BCUT2D eigenvalue weighted by Crippen LogP contribution is -2.48. The SMILES string of the molecule is CN(C)S(=O)(=O)N1CCCC(C(=O)NCc2ccc(F)cc2)C1. The van der Waals surface area contributed by atoms with Crippen molar-refractivity contribution in [2.24, 2.45) is 5.92 Å². The van der Waals surface area contributed by atoms with Gasteiger partial charge in [-0.25, -0.2) is 4.39 Å². The van der Waals surface area contributed by atoms with Crippen molar-refractivity contribution in [2.45, 2.75) is 19.4 Å². The van der Waals surface area contributed by atoms with E-state index in [4.69, 9.17) is 0 Å². The number of hydrogen-bond acceptors (Lipinski definition) is 3. The van der Waals surface area contributed by atoms with Crippen molar-refractivity contribution in [2.75, 3.05) is 27.2 Å². The van der Waals surface area contributed by atoms with Gasteiger partial charge in [0, 0.05) is 33.7 Å². The zero-order valence-electron chi connectivity index (χ0n) is 13.3. The summed E-state index contributed by atoms with van der Waals surface area (Å²) in [6.45, 7) is 0.925. The molecule has 1 heterocycles. The Labute approximate surface area is 136 Å². The van der Waals surface area contributed by atoms with E-state index in [1.807, 2.05) is 0 Å². The predicted molar refractivity (Wildman–Crippen MR) is 85.2 cm³/mol. The lowest BCUT2D eigenvalue weighted by Gasteiger charge is -2.32. The first-order valence-corrected chi connectivity index (χ1v) is 8.90. The van der Waals surface area contributed by atoms with Gasteiger partial charge in [-0.15, -0.1) is 0 Å². The van der Waals surface area contributed by atoms with E-state index in [0.29, 0.717) is 25.9 Å². The summed E-state index contributed by atoms with van der Waals surface area (Å²) in [6, 6.07) is 5.90. The van der Waals surface area contributed by atoms with Crippen molar-refractivity contribution in [1.29, 1.82) is 0 Å². The molecule has 0 bridgehead atoms. The maximum absolute atomic E-state index is 12.8. The van der Waals surface area contributed by atoms with Crippen molar-refractivity contribution in [3.63, 3.8) is 0 Å². The van der Waals surface area contributed by atoms with Gasteiger partial charge in [0.25, 0.3) is 10.2 Å². The number of carbonyl (C=O) groups is 1. The van der Waals surface area contributed by atoms with Gasteiger partial charge in [-0.05, 0) is 30.5 Å². The highest BCUT2D eigenvalue weighted by atomic mass is 32.2. The van der Waals surface area contributed by atoms with Gasteiger partial charge in [0.15, 0.2) is 0 Å². The quantitative estimate of drug-likeness (QED) is 0.866. The molecular weight excluding hydrogens is 321 g/mol. The molecule has 1 fully saturated rings. The molecule has 0 aromatic heterocycles. The molecule has 1 atom stereocenters. The fraction of sp³-hybridized carbons (Fsp3) is 0.533. The molecule has 2 rings (SSSR count). The van der Waals surface area contributed by atoms with Crippen LogP contribution in [0, 0.1) is 11.7 Å². The molecule has 1 aromatic carbocycles. The van der Waals surface area contributed by atoms with Crippen molar-refractivity contribution in [3.05, 3.63) is 35.6 Å². The molecule has 0 aliphatic carbocycles. The van der Waals surface area contributed by atoms with Crippen LogP contribution in [0.15, 0.2) is 24.3 Å². The van der Waals surface area contributed by atoms with Crippen LogP contribution < -0.4 is 5.32 Å². The summed E-state index contributed by atoms with van der Waals surface area (Å²) in [5.74, 6) is -0.858. The Morgan fingerprint density at radius 1 is 1.35 bits per heavy atom. The fourth-order valence-electron chi connectivity index (χ4n) is 2.53. The van der Waals surface area contributed by atoms with Gasteiger partial charge < -0.3 is 5.32 Å². The Kier molecular flexibility index (Phi) is 5.72. The van der Waals surface area contributed by atoms with Crippen molar-refractivity contribution in [1.82, 2.24) is 13.9 Å². The van der Waals surface area contributed by atoms with E-state index >= 15 is 0 Å². The van der Waals surface area contributed by atoms with E-state index in [-0.39, 0.29) is 24.2 Å². The van der Waals surface area contributed by atoms with Gasteiger partial charge in [-0.3, -0.25) is 4.79 Å². The zero-order valence-corrected chi connectivity index (χ0v) is 14.1. The summed E-state index contributed by atoms with van der Waals surface area (Å²) in [7, 11) is -0.534. The summed E-state index contributed by atoms with van der Waals surface area (Å²) in [5, 5.41) is 2.79. The third-order valence-electron chi connectivity index (χ3n) is 3.92. The standard InChI is InChI=1S/C15H22FN3O3S/c1-18(2)23(21,22)19-9-3-4-13(11-19)15(20)17-10-12-5-7-14(16)8-6-12/h5-8,13H,3-4,9-11H2,1-2H3,(H,17,20). The number of nitrogens with zero attached hydrogens (tertiary/aromatic N) is 2. The monoisotopic (exact) mass is 343 g/mol. The fourth-order valence-corrected chi connectivity index (χ4v) is 3.72. The average Bonchev–Trinajstić information content (AvgIpc) is 2.54. The third-order valence-corrected chi connectivity index (χ3v) is 5.83. The van der Waals surface area contributed by atoms with Crippen molar-refractivity contribution < 1.29 is 17.6 Å². The smallest absolute Gasteiger partial charge is 0.281 e. The Morgan fingerprint density at radius 2 is 2.00 bits per heavy atom. The summed E-state index contributed by atoms with van der Waals surface area (Å²) >= 11 is 0. The van der Waals surface area contributed by atoms with Gasteiger partial charge in [-0.1, -0.05) is 12.1 Å². The number of piperidine rings is 1. The van der Waals surface area contributed by atoms with Crippen molar-refractivity contribution in [3.8, 4) is 0 Å². The minimum atomic E-state index is -3.49. The molecule has 1 aromatic rings. The minimum absolute atomic E-state index is 0.173. The predicted octanol–water partition coefficient (Wildman–Crippen LogP) is 0.960. The molecule has 1 N–H and O–H groups in total. The van der Waals surface area contributed by atoms with E-state index < -0.39 is 10.2 Å². The van der Waals surface area contributed by atoms with Crippen LogP contribution in [-0.4, -0.2) is 50.1 Å². The maximum atomic E-state index is 12.8. The molecule has 0 radical (unpaired) electrons. The van der Waals surface area contributed by atoms with E-state index in [9.17, 15) is 17.6 Å². The number of hydrogen-bond donors (Lipinski definition) is 1. The van der Waals surface area contributed by atoms with Crippen LogP contribution in [0.3, 0.4) is 0 Å². The van der Waals surface area contributed by atoms with Crippen LogP contribution in [-0.2, 0) is 21.5 Å². The highest BCUT2D eigenvalue weighted by Crippen LogP contribution is 2.20. The van der Waals surface area contributed by atoms with E-state index in [2.05, 4.69) is 5.32 Å². The van der Waals surface area contributed by atoms with Crippen LogP contribution >= 0.6 is 0 Å². The second-order valence-electron chi connectivity index (χ2n) is 5.83. The molecule has 0 spiro atoms. The molecule has 128 valence electrons. The molecule has 6 nitrogen and oxygen atoms in total. The number of amides is 1. The molecule has 1 saturated heterocycles. The molecule has 1 aliphatic rings. The number of rotatable bonds is 5. The number of halogens is 1. The first-order valence-electron chi connectivity index (χ1n) is 7.50. The van der Waals surface area contributed by atoms with E-state index in [0.717, 1.165) is 9.87 Å². The highest BCUT2D eigenvalue weighted by Gasteiger charge is 2.33. The summed E-state index contributed by atoms with van der Waals surface area (Å²) < 4.78 is 39.6. The number of nitrogens with one attached hydrogen (secondary N) is 1. The Balaban J connectivity index is 1.93. The Bertz CT molecular complexity index is 646. The molecule has 1 amide bonds. The van der Waals surface area contributed by atoms with Gasteiger partial charge in [0.05, 0.1) is 5.92 Å². The molecule has 1 unspecified atom stereocenters. The topological polar surface area (TPSA) is 69.7 Å². The van der Waals surface area contributed by atoms with Crippen molar-refractivity contribution >= 4 is 16.1 Å². The molecular formula is C15H22FN3O3S. The van der Waals surface area contributed by atoms with E-state index in [1.165, 1.54) is 30.5 Å². The Morgan fingerprint density at radius 3 is 2.61 bits per heavy atom. The number of benzene rings is 1. The average molecular weight is 343 g/mol. The van der Waals surface area contributed by atoms with Gasteiger partial charge >= 0.3 is 0 Å². The van der Waals surface area contributed by atoms with Crippen LogP contribution in [0.5, 0.6) is 0 Å². The number of carbonyl (C=O) groups excluding carboxylic acids is 1. The lowest BCUT2D eigenvalue weighted by atomic mass is 9.99. The normalized spacial score (nSPS) is 19.7. The zero-order chi connectivity index (χ0) is 17.0. The molecule has 0 saturated carbocycles. The van der Waals surface area contributed by atoms with Crippen LogP contribution in [0.1, 0.15) is 18.4 Å². The second kappa shape index (κ2) is 7.37. The summed E-state index contributed by atoms with van der Waals surface area (Å²) in [5.41, 5.74) is 0.799. The van der Waals surface area contributed by atoms with E-state index in [1.54, 1.807) is 12.1 Å². The van der Waals surface area contributed by atoms with Gasteiger partial charge in [0.2, 0.25) is 5.91 Å². The lowest BCUT2D eigenvalue weighted by molar-refractivity contribution is -0.126. The second-order valence-corrected chi connectivity index (χ2v) is 7.97. The van der Waals surface area contributed by atoms with Gasteiger partial charge in [-0.2, -0.15) is 17.0 Å². The van der Waals surface area contributed by atoms with Crippen LogP contribution in [0.2, 0.25) is 0 Å². The first-order chi connectivity index (χ1) is 10.8. The summed E-state index contributed by atoms with van der Waals surface area (Å²) in [4.78, 5) is 12.3. The Hall–Kier alpha value is -1.51. The molecule has 1 aliphatic heterocycles. The third kappa shape index (κ3) is 4.49. The highest BCUT2D eigenvalue weighted by molar-refractivity contribution is 7.86. The molecule has 8 heteroatoms. The minimum Gasteiger partial charge on any atom is -0.352 e. The molecule has 23 heavy (non-hydrogen) atoms. The van der Waals surface area contributed by atoms with Crippen LogP contribution in [0.25, 0.3) is 0 Å². The van der Waals surface area contributed by atoms with Crippen LogP contribution in [0.4, 0.5) is 4.39 Å². The summed E-state index contributed by atoms with van der Waals surface area (Å²) in [6.07, 6.45) is 1.32. The maximum Gasteiger partial charge on any atom is 0.281 e. The largest absolute Gasteiger partial charge is 0.352 e. The van der Waals surface area contributed by atoms with Gasteiger partial charge in [0.1, 0.15) is 5.82 Å².